The van der Waals surface area contributed by atoms with Gasteiger partial charge in [-0.2, -0.15) is 13.2 Å². The number of nitrogens with one attached hydrogen (secondary N) is 2. The van der Waals surface area contributed by atoms with Crippen molar-refractivity contribution >= 4 is 28.3 Å². The number of likely N-dealkylation sites (tertiary alicyclic amines) is 2. The number of rotatable bonds is 8. The molecule has 53 heavy (non-hydrogen) atoms. The molecule has 288 valence electrons. The summed E-state index contributed by atoms with van der Waals surface area (Å²) < 4.78 is 46.5. The minimum atomic E-state index is -4.50. The molecule has 4 N–H and O–H groups in total. The molecule has 4 fully saturated rings. The molecule has 12 heteroatoms. The largest absolute Gasteiger partial charge is 0.496 e. The van der Waals surface area contributed by atoms with Gasteiger partial charge >= 0.3 is 6.18 Å². The Morgan fingerprint density at radius 2 is 1.68 bits per heavy atom. The number of fused-ring (bicyclic) bond motifs is 1. The summed E-state index contributed by atoms with van der Waals surface area (Å²) in [5, 5.41) is 7.64. The maximum atomic E-state index is 13.7. The van der Waals surface area contributed by atoms with Gasteiger partial charge in [-0.15, -0.1) is 0 Å². The summed E-state index contributed by atoms with van der Waals surface area (Å²) in [5.41, 5.74) is 7.86. The van der Waals surface area contributed by atoms with E-state index >= 15 is 0 Å². The molecular weight excluding hydrogens is 679 g/mol. The van der Waals surface area contributed by atoms with E-state index in [0.717, 1.165) is 80.4 Å². The second-order valence-electron chi connectivity index (χ2n) is 16.4. The number of halogens is 3. The highest BCUT2D eigenvalue weighted by atomic mass is 19.4. The van der Waals surface area contributed by atoms with Crippen LogP contribution in [0.15, 0.2) is 30.3 Å². The number of nitrogens with zero attached hydrogens (tertiary/aromatic N) is 4. The van der Waals surface area contributed by atoms with E-state index in [4.69, 9.17) is 10.5 Å². The second kappa shape index (κ2) is 15.6. The number of nitrogens with two attached hydrogens (primary N) is 1. The number of methoxy groups -OCH3 is 1. The van der Waals surface area contributed by atoms with Crippen LogP contribution in [-0.2, 0) is 11.0 Å². The SMILES string of the molecule is COc1cc2nc(C)nc(N[C@H](C)c3cc(N)cc(C(F)(F)F)c3)c2cc1C1CCC(C(=O)N2CCC(CN3CCC4(CCNCC4)CC3)CC2)CC1. The third kappa shape index (κ3) is 8.53. The van der Waals surface area contributed by atoms with Crippen molar-refractivity contribution in [2.45, 2.75) is 96.2 Å². The molecule has 3 aromatic rings. The molecule has 4 aliphatic rings. The van der Waals surface area contributed by atoms with E-state index in [1.165, 1.54) is 58.4 Å². The normalized spacial score (nSPS) is 23.6. The number of benzene rings is 2. The number of carbonyl (C=O) groups is 1. The maximum absolute atomic E-state index is 13.7. The highest BCUT2D eigenvalue weighted by Crippen LogP contribution is 2.44. The van der Waals surface area contributed by atoms with Gasteiger partial charge in [0.15, 0.2) is 0 Å². The van der Waals surface area contributed by atoms with E-state index in [9.17, 15) is 18.0 Å². The van der Waals surface area contributed by atoms with Crippen LogP contribution in [0.3, 0.4) is 0 Å². The Bertz CT molecular complexity index is 1750. The highest BCUT2D eigenvalue weighted by Gasteiger charge is 2.37. The lowest BCUT2D eigenvalue weighted by Gasteiger charge is -2.45. The summed E-state index contributed by atoms with van der Waals surface area (Å²) in [5.74, 6) is 3.06. The number of anilines is 2. The highest BCUT2D eigenvalue weighted by molar-refractivity contribution is 5.91. The van der Waals surface area contributed by atoms with Crippen LogP contribution in [0.5, 0.6) is 5.75 Å². The van der Waals surface area contributed by atoms with Gasteiger partial charge in [0.2, 0.25) is 5.91 Å². The molecule has 7 rings (SSSR count). The molecule has 2 aromatic carbocycles. The van der Waals surface area contributed by atoms with Crippen molar-refractivity contribution in [2.24, 2.45) is 17.3 Å². The average Bonchev–Trinajstić information content (AvgIpc) is 3.15. The lowest BCUT2D eigenvalue weighted by atomic mass is 9.71. The van der Waals surface area contributed by atoms with Crippen LogP contribution in [0, 0.1) is 24.2 Å². The summed E-state index contributed by atoms with van der Waals surface area (Å²) in [6.45, 7) is 11.3. The Kier molecular flexibility index (Phi) is 11.1. The zero-order chi connectivity index (χ0) is 37.3. The van der Waals surface area contributed by atoms with Crippen molar-refractivity contribution < 1.29 is 22.7 Å². The summed E-state index contributed by atoms with van der Waals surface area (Å²) in [4.78, 5) is 27.9. The summed E-state index contributed by atoms with van der Waals surface area (Å²) >= 11 is 0. The van der Waals surface area contributed by atoms with Crippen LogP contribution < -0.4 is 21.1 Å². The Hall–Kier alpha value is -3.64. The Morgan fingerprint density at radius 1 is 0.981 bits per heavy atom. The molecule has 9 nitrogen and oxygen atoms in total. The molecule has 0 bridgehead atoms. The number of ether oxygens (including phenoxy) is 1. The fourth-order valence-electron chi connectivity index (χ4n) is 9.55. The van der Waals surface area contributed by atoms with Gasteiger partial charge in [-0.1, -0.05) is 0 Å². The minimum absolute atomic E-state index is 0.0430. The first kappa shape index (κ1) is 37.7. The van der Waals surface area contributed by atoms with Crippen molar-refractivity contribution in [3.05, 3.63) is 52.8 Å². The van der Waals surface area contributed by atoms with Crippen molar-refractivity contribution in [1.82, 2.24) is 25.1 Å². The monoisotopic (exact) mass is 735 g/mol. The molecular formula is C41H56F3N7O2. The van der Waals surface area contributed by atoms with Gasteiger partial charge < -0.3 is 30.9 Å². The summed E-state index contributed by atoms with van der Waals surface area (Å²) in [6, 6.07) is 7.11. The number of carbonyl (C=O) groups excluding carboxylic acids is 1. The number of hydrogen-bond acceptors (Lipinski definition) is 8. The Morgan fingerprint density at radius 3 is 2.34 bits per heavy atom. The van der Waals surface area contributed by atoms with E-state index in [1.807, 2.05) is 6.07 Å². The second-order valence-corrected chi connectivity index (χ2v) is 16.4. The molecule has 1 saturated carbocycles. The van der Waals surface area contributed by atoms with Gasteiger partial charge in [-0.3, -0.25) is 4.79 Å². The molecule has 1 amide bonds. The molecule has 1 aromatic heterocycles. The third-order valence-electron chi connectivity index (χ3n) is 12.9. The lowest BCUT2D eigenvalue weighted by molar-refractivity contribution is -0.138. The minimum Gasteiger partial charge on any atom is -0.496 e. The van der Waals surface area contributed by atoms with Crippen molar-refractivity contribution in [2.75, 3.05) is 64.0 Å². The van der Waals surface area contributed by atoms with Crippen molar-refractivity contribution in [1.29, 1.82) is 0 Å². The topological polar surface area (TPSA) is 109 Å². The zero-order valence-electron chi connectivity index (χ0n) is 31.5. The lowest BCUT2D eigenvalue weighted by Crippen LogP contribution is -2.48. The fourth-order valence-corrected chi connectivity index (χ4v) is 9.55. The fraction of sp³-hybridized carbons (Fsp3) is 0.634. The first-order chi connectivity index (χ1) is 25.4. The van der Waals surface area contributed by atoms with Crippen LogP contribution >= 0.6 is 0 Å². The van der Waals surface area contributed by atoms with Crippen molar-refractivity contribution in [3.8, 4) is 5.75 Å². The van der Waals surface area contributed by atoms with E-state index in [1.54, 1.807) is 27.0 Å². The smallest absolute Gasteiger partial charge is 0.416 e. The third-order valence-corrected chi connectivity index (χ3v) is 12.9. The summed E-state index contributed by atoms with van der Waals surface area (Å²) in [6.07, 6.45) is 6.43. The van der Waals surface area contributed by atoms with Gasteiger partial charge in [0.1, 0.15) is 17.4 Å². The molecule has 1 atom stereocenters. The van der Waals surface area contributed by atoms with E-state index in [0.29, 0.717) is 40.0 Å². The Balaban J connectivity index is 0.965. The average molecular weight is 736 g/mol. The zero-order valence-corrected chi connectivity index (χ0v) is 31.5. The number of hydrogen-bond donors (Lipinski definition) is 3. The first-order valence-electron chi connectivity index (χ1n) is 19.7. The van der Waals surface area contributed by atoms with E-state index in [-0.39, 0.29) is 17.5 Å². The number of aryl methyl sites for hydroxylation is 1. The van der Waals surface area contributed by atoms with Gasteiger partial charge in [0, 0.05) is 42.7 Å². The number of amides is 1. The molecule has 1 aliphatic carbocycles. The van der Waals surface area contributed by atoms with Crippen LogP contribution in [0.2, 0.25) is 0 Å². The molecule has 1 spiro atoms. The standard InChI is InChI=1S/C41H56F3N7O2/c1-26(31-20-32(41(42,43)44)22-33(45)21-31)47-38-35-23-34(37(53-3)24-36(35)48-27(2)49-38)29-4-6-30(7-5-29)39(52)51-16-8-28(9-17-51)25-50-18-12-40(13-19-50)10-14-46-15-11-40/h20-24,26,28-30,46H,4-19,25,45H2,1-3H3,(H,47,48,49)/t26-,29?,30?/m1/s1. The van der Waals surface area contributed by atoms with Crippen LogP contribution in [0.25, 0.3) is 10.9 Å². The van der Waals surface area contributed by atoms with Crippen molar-refractivity contribution in [3.63, 3.8) is 0 Å². The molecule has 0 unspecified atom stereocenters. The molecule has 0 radical (unpaired) electrons. The summed E-state index contributed by atoms with van der Waals surface area (Å²) in [7, 11) is 1.66. The number of piperidine rings is 3. The van der Waals surface area contributed by atoms with Gasteiger partial charge in [-0.25, -0.2) is 9.97 Å². The van der Waals surface area contributed by atoms with E-state index in [2.05, 4.69) is 36.5 Å². The number of aromatic nitrogens is 2. The molecule has 3 aliphatic heterocycles. The quantitative estimate of drug-likeness (QED) is 0.202. The predicted octanol–water partition coefficient (Wildman–Crippen LogP) is 7.70. The van der Waals surface area contributed by atoms with Gasteiger partial charge in [0.25, 0.3) is 0 Å². The van der Waals surface area contributed by atoms with Crippen LogP contribution in [0.1, 0.15) is 106 Å². The van der Waals surface area contributed by atoms with Crippen LogP contribution in [0.4, 0.5) is 24.7 Å². The Labute approximate surface area is 311 Å². The predicted molar refractivity (Wildman–Crippen MR) is 203 cm³/mol. The first-order valence-corrected chi connectivity index (χ1v) is 19.7. The number of alkyl halides is 3. The molecule has 4 heterocycles. The van der Waals surface area contributed by atoms with Gasteiger partial charge in [-0.05, 0) is 157 Å². The number of nitrogen functional groups attached to an aromatic ring is 1. The van der Waals surface area contributed by atoms with Gasteiger partial charge in [0.05, 0.1) is 24.2 Å². The maximum Gasteiger partial charge on any atom is 0.416 e. The van der Waals surface area contributed by atoms with Crippen LogP contribution in [-0.4, -0.2) is 78.6 Å². The van der Waals surface area contributed by atoms with E-state index < -0.39 is 17.8 Å². The molecule has 3 saturated heterocycles.